The van der Waals surface area contributed by atoms with Gasteiger partial charge in [0.05, 0.1) is 0 Å². The topological polar surface area (TPSA) is 176 Å². The zero-order valence-electron chi connectivity index (χ0n) is 26.4. The van der Waals surface area contributed by atoms with Gasteiger partial charge in [-0.05, 0) is 43.7 Å². The lowest BCUT2D eigenvalue weighted by molar-refractivity contribution is -0.139. The first-order valence-corrected chi connectivity index (χ1v) is 15.7. The van der Waals surface area contributed by atoms with Crippen LogP contribution in [0.2, 0.25) is 0 Å². The van der Waals surface area contributed by atoms with Crippen LogP contribution in [0, 0.1) is 5.92 Å². The predicted molar refractivity (Wildman–Crippen MR) is 166 cm³/mol. The largest absolute Gasteiger partial charge is 0.354 e. The molecule has 4 N–H and O–H groups in total. The summed E-state index contributed by atoms with van der Waals surface area (Å²) < 4.78 is 1.17. The third-order valence-corrected chi connectivity index (χ3v) is 7.91. The molecule has 2 rings (SSSR count). The molecule has 1 fully saturated rings. The highest BCUT2D eigenvalue weighted by Gasteiger charge is 2.35. The zero-order chi connectivity index (χ0) is 32.6. The molecular weight excluding hydrogens is 568 g/mol. The first kappa shape index (κ1) is 36.2. The summed E-state index contributed by atoms with van der Waals surface area (Å²) in [7, 11) is 0. The number of hydrogen-bond acceptors (Lipinski definition) is 7. The van der Waals surface area contributed by atoms with E-state index in [9.17, 15) is 33.6 Å². The Balaban J connectivity index is 2.15. The fourth-order valence-corrected chi connectivity index (χ4v) is 5.04. The number of nitrogens with one attached hydrogen (secondary N) is 4. The van der Waals surface area contributed by atoms with Gasteiger partial charge in [0, 0.05) is 39.2 Å². The van der Waals surface area contributed by atoms with Crippen molar-refractivity contribution < 1.29 is 28.8 Å². The summed E-state index contributed by atoms with van der Waals surface area (Å²) in [6.07, 6.45) is 6.38. The van der Waals surface area contributed by atoms with E-state index in [4.69, 9.17) is 0 Å². The van der Waals surface area contributed by atoms with E-state index in [0.717, 1.165) is 32.1 Å². The molecule has 244 valence electrons. The van der Waals surface area contributed by atoms with Crippen LogP contribution in [0.3, 0.4) is 0 Å². The molecule has 0 spiro atoms. The van der Waals surface area contributed by atoms with Gasteiger partial charge in [0.1, 0.15) is 24.3 Å². The van der Waals surface area contributed by atoms with Gasteiger partial charge in [0.2, 0.25) is 29.4 Å². The van der Waals surface area contributed by atoms with Crippen LogP contribution in [0.1, 0.15) is 85.5 Å². The summed E-state index contributed by atoms with van der Waals surface area (Å²) in [5.74, 6) is -3.11. The number of rotatable bonds is 18. The summed E-state index contributed by atoms with van der Waals surface area (Å²) in [4.78, 5) is 90.3. The molecule has 0 aliphatic carbocycles. The first-order valence-electron chi connectivity index (χ1n) is 15.7. The highest BCUT2D eigenvalue weighted by Crippen LogP contribution is 2.18. The number of amides is 5. The molecule has 13 nitrogen and oxygen atoms in total. The van der Waals surface area contributed by atoms with Crippen LogP contribution in [0.15, 0.2) is 23.1 Å². The van der Waals surface area contributed by atoms with E-state index in [1.54, 1.807) is 0 Å². The Hall–Kier alpha value is -4.03. The van der Waals surface area contributed by atoms with Gasteiger partial charge in [-0.25, -0.2) is 0 Å². The minimum Gasteiger partial charge on any atom is -0.354 e. The van der Waals surface area contributed by atoms with Crippen LogP contribution < -0.4 is 26.8 Å². The van der Waals surface area contributed by atoms with Crippen LogP contribution in [0.4, 0.5) is 5.69 Å². The van der Waals surface area contributed by atoms with Crippen molar-refractivity contribution in [2.24, 2.45) is 5.92 Å². The van der Waals surface area contributed by atoms with Gasteiger partial charge >= 0.3 is 0 Å². The van der Waals surface area contributed by atoms with Crippen molar-refractivity contribution in [2.45, 2.75) is 104 Å². The van der Waals surface area contributed by atoms with Crippen molar-refractivity contribution in [1.82, 2.24) is 25.4 Å². The van der Waals surface area contributed by atoms with Gasteiger partial charge in [-0.2, -0.15) is 0 Å². The zero-order valence-corrected chi connectivity index (χ0v) is 26.4. The van der Waals surface area contributed by atoms with Gasteiger partial charge in [0.15, 0.2) is 0 Å². The maximum atomic E-state index is 13.4. The monoisotopic (exact) mass is 616 g/mol. The van der Waals surface area contributed by atoms with Crippen molar-refractivity contribution in [1.29, 1.82) is 0 Å². The second kappa shape index (κ2) is 18.6. The Kier molecular flexibility index (Phi) is 15.3. The summed E-state index contributed by atoms with van der Waals surface area (Å²) in [5.41, 5.74) is -0.736. The standard InChI is InChI=1S/C31H48N6O7/c1-5-8-9-16-32-30(43)26(39)15-14-23(34-29(42)25-13-11-18-37(25)21(4)38)28(41)35-24-12-10-17-36(31(24)44)20-27(40)33-19-22(6-2)7-3/h10,12,17,22-23,25H,5-9,11,13-16,18-20H2,1-4H3,(H,32,43)(H,33,40)(H,34,42)(H,35,41). The molecule has 5 amide bonds. The van der Waals surface area contributed by atoms with Crippen LogP contribution >= 0.6 is 0 Å². The summed E-state index contributed by atoms with van der Waals surface area (Å²) in [6, 6.07) is 0.841. The van der Waals surface area contributed by atoms with Crippen molar-refractivity contribution >= 4 is 41.0 Å². The van der Waals surface area contributed by atoms with Crippen molar-refractivity contribution in [3.05, 3.63) is 28.7 Å². The molecule has 1 aromatic rings. The average Bonchev–Trinajstić information content (AvgIpc) is 3.50. The summed E-state index contributed by atoms with van der Waals surface area (Å²) in [6.45, 7) is 8.49. The Bertz CT molecular complexity index is 1230. The number of nitrogens with zero attached hydrogens (tertiary/aromatic N) is 2. The van der Waals surface area contributed by atoms with Gasteiger partial charge in [-0.15, -0.1) is 0 Å². The van der Waals surface area contributed by atoms with E-state index < -0.39 is 41.1 Å². The average molecular weight is 617 g/mol. The number of ketones is 1. The molecule has 0 bridgehead atoms. The molecular formula is C31H48N6O7. The number of Topliss-reactive ketones (excluding diaryl/α,β-unsaturated/α-hetero) is 1. The molecule has 1 aromatic heterocycles. The fourth-order valence-electron chi connectivity index (χ4n) is 5.04. The quantitative estimate of drug-likeness (QED) is 0.143. The smallest absolute Gasteiger partial charge is 0.287 e. The Labute approximate surface area is 258 Å². The Morgan fingerprint density at radius 3 is 2.41 bits per heavy atom. The molecule has 1 saturated heterocycles. The molecule has 0 radical (unpaired) electrons. The van der Waals surface area contributed by atoms with Crippen molar-refractivity contribution in [2.75, 3.05) is 25.0 Å². The molecule has 1 aliphatic rings. The highest BCUT2D eigenvalue weighted by molar-refractivity contribution is 6.36. The molecule has 2 atom stereocenters. The van der Waals surface area contributed by atoms with Crippen LogP contribution in [0.25, 0.3) is 0 Å². The SMILES string of the molecule is CCCCCNC(=O)C(=O)CCC(NC(=O)C1CCCN1C(C)=O)C(=O)Nc1cccn(CC(=O)NCC(CC)CC)c1=O. The maximum absolute atomic E-state index is 13.4. The molecule has 2 heterocycles. The highest BCUT2D eigenvalue weighted by atomic mass is 16.2. The predicted octanol–water partition coefficient (Wildman–Crippen LogP) is 1.49. The van der Waals surface area contributed by atoms with E-state index in [0.29, 0.717) is 38.4 Å². The normalized spacial score (nSPS) is 15.0. The minimum atomic E-state index is -1.27. The van der Waals surface area contributed by atoms with Gasteiger partial charge in [-0.1, -0.05) is 46.5 Å². The third kappa shape index (κ3) is 11.2. The number of aromatic nitrogens is 1. The second-order valence-corrected chi connectivity index (χ2v) is 11.2. The summed E-state index contributed by atoms with van der Waals surface area (Å²) in [5, 5.41) is 10.5. The number of hydrogen-bond donors (Lipinski definition) is 4. The third-order valence-electron chi connectivity index (χ3n) is 7.91. The molecule has 2 unspecified atom stereocenters. The Morgan fingerprint density at radius 2 is 1.75 bits per heavy atom. The number of anilines is 1. The lowest BCUT2D eigenvalue weighted by Gasteiger charge is -2.25. The number of pyridine rings is 1. The van der Waals surface area contributed by atoms with Gasteiger partial charge in [-0.3, -0.25) is 33.6 Å². The first-order chi connectivity index (χ1) is 21.0. The molecule has 0 saturated carbocycles. The lowest BCUT2D eigenvalue weighted by Crippen LogP contribution is -2.52. The van der Waals surface area contributed by atoms with Gasteiger partial charge in [0.25, 0.3) is 11.5 Å². The van der Waals surface area contributed by atoms with E-state index in [1.807, 2.05) is 20.8 Å². The van der Waals surface area contributed by atoms with Crippen LogP contribution in [-0.2, 0) is 35.3 Å². The molecule has 0 aromatic carbocycles. The van der Waals surface area contributed by atoms with E-state index >= 15 is 0 Å². The number of unbranched alkanes of at least 4 members (excludes halogenated alkanes) is 2. The minimum absolute atomic E-state index is 0.115. The van der Waals surface area contributed by atoms with Crippen molar-refractivity contribution in [3.63, 3.8) is 0 Å². The number of likely N-dealkylation sites (tertiary alicyclic amines) is 1. The van der Waals surface area contributed by atoms with E-state index in [1.165, 1.54) is 34.7 Å². The summed E-state index contributed by atoms with van der Waals surface area (Å²) >= 11 is 0. The molecule has 1 aliphatic heterocycles. The molecule has 44 heavy (non-hydrogen) atoms. The number of carbonyl (C=O) groups is 6. The number of carbonyl (C=O) groups excluding carboxylic acids is 6. The van der Waals surface area contributed by atoms with E-state index in [2.05, 4.69) is 21.3 Å². The lowest BCUT2D eigenvalue weighted by atomic mass is 10.0. The molecule has 13 heteroatoms. The van der Waals surface area contributed by atoms with E-state index in [-0.39, 0.29) is 36.9 Å². The maximum Gasteiger partial charge on any atom is 0.287 e. The fraction of sp³-hybridized carbons (Fsp3) is 0.645. The Morgan fingerprint density at radius 1 is 1.02 bits per heavy atom. The van der Waals surface area contributed by atoms with Crippen LogP contribution in [0.5, 0.6) is 0 Å². The van der Waals surface area contributed by atoms with Crippen molar-refractivity contribution in [3.8, 4) is 0 Å². The van der Waals surface area contributed by atoms with Crippen LogP contribution in [-0.4, -0.2) is 76.5 Å². The second-order valence-electron chi connectivity index (χ2n) is 11.2. The van der Waals surface area contributed by atoms with Gasteiger partial charge < -0.3 is 30.7 Å².